The van der Waals surface area contributed by atoms with Crippen LogP contribution in [0.4, 0.5) is 0 Å². The van der Waals surface area contributed by atoms with Crippen molar-refractivity contribution < 1.29 is 10.2 Å². The topological polar surface area (TPSA) is 40.5 Å². The van der Waals surface area contributed by atoms with E-state index < -0.39 is 5.60 Å². The van der Waals surface area contributed by atoms with Gasteiger partial charge in [-0.15, -0.1) is 0 Å². The third-order valence-electron chi connectivity index (χ3n) is 6.29. The average Bonchev–Trinajstić information content (AvgIpc) is 2.67. The van der Waals surface area contributed by atoms with Crippen molar-refractivity contribution in [3.8, 4) is 0 Å². The molecule has 0 spiro atoms. The fraction of sp³-hybridized carbons (Fsp3) is 0.800. The number of rotatable bonds is 1. The molecule has 0 radical (unpaired) electrons. The third-order valence-corrected chi connectivity index (χ3v) is 6.29. The molecule has 126 valence electrons. The van der Waals surface area contributed by atoms with Crippen LogP contribution in [-0.2, 0) is 0 Å². The van der Waals surface area contributed by atoms with Gasteiger partial charge in [0.2, 0.25) is 0 Å². The molecule has 2 nitrogen and oxygen atoms in total. The lowest BCUT2D eigenvalue weighted by molar-refractivity contribution is -0.0641. The van der Waals surface area contributed by atoms with Crippen molar-refractivity contribution in [3.63, 3.8) is 0 Å². The fourth-order valence-corrected chi connectivity index (χ4v) is 4.63. The molecule has 2 N–H and O–H groups in total. The molecule has 2 aliphatic rings. The van der Waals surface area contributed by atoms with Crippen LogP contribution in [0.1, 0.15) is 73.1 Å². The van der Waals surface area contributed by atoms with E-state index in [-0.39, 0.29) is 11.5 Å². The van der Waals surface area contributed by atoms with Crippen LogP contribution in [0.25, 0.3) is 0 Å². The molecule has 1 fully saturated rings. The van der Waals surface area contributed by atoms with Gasteiger partial charge in [-0.05, 0) is 69.6 Å². The largest absolute Gasteiger partial charge is 0.389 e. The number of fused-ring (bicyclic) bond motifs is 1. The van der Waals surface area contributed by atoms with Crippen molar-refractivity contribution in [2.75, 3.05) is 0 Å². The maximum Gasteiger partial charge on any atom is 0.0760 e. The van der Waals surface area contributed by atoms with E-state index in [0.717, 1.165) is 38.5 Å². The second kappa shape index (κ2) is 6.49. The quantitative estimate of drug-likeness (QED) is 0.694. The van der Waals surface area contributed by atoms with Gasteiger partial charge in [0.05, 0.1) is 11.7 Å². The van der Waals surface area contributed by atoms with Crippen LogP contribution in [0.15, 0.2) is 23.3 Å². The maximum absolute atomic E-state index is 11.3. The summed E-state index contributed by atoms with van der Waals surface area (Å²) in [7, 11) is 0. The van der Waals surface area contributed by atoms with Crippen LogP contribution in [0, 0.1) is 17.3 Å². The molecule has 0 saturated heterocycles. The lowest BCUT2D eigenvalue weighted by atomic mass is 9.67. The lowest BCUT2D eigenvalue weighted by Crippen LogP contribution is -2.43. The van der Waals surface area contributed by atoms with E-state index in [0.29, 0.717) is 11.8 Å². The van der Waals surface area contributed by atoms with E-state index in [9.17, 15) is 10.2 Å². The minimum Gasteiger partial charge on any atom is -0.389 e. The van der Waals surface area contributed by atoms with Crippen molar-refractivity contribution in [2.24, 2.45) is 17.3 Å². The molecule has 0 amide bonds. The molecule has 0 heterocycles. The average molecular weight is 306 g/mol. The van der Waals surface area contributed by atoms with Gasteiger partial charge in [0.15, 0.2) is 0 Å². The first-order valence-electron chi connectivity index (χ1n) is 8.91. The molecule has 0 bridgehead atoms. The number of hydrogen-bond donors (Lipinski definition) is 2. The van der Waals surface area contributed by atoms with Gasteiger partial charge in [0, 0.05) is 0 Å². The molecule has 0 aromatic heterocycles. The fourth-order valence-electron chi connectivity index (χ4n) is 4.63. The monoisotopic (exact) mass is 306 g/mol. The van der Waals surface area contributed by atoms with E-state index >= 15 is 0 Å². The summed E-state index contributed by atoms with van der Waals surface area (Å²) in [4.78, 5) is 0. The number of aliphatic hydroxyl groups excluding tert-OH is 1. The Balaban J connectivity index is 2.35. The van der Waals surface area contributed by atoms with Crippen LogP contribution < -0.4 is 0 Å². The van der Waals surface area contributed by atoms with Crippen LogP contribution in [0.2, 0.25) is 0 Å². The molecule has 1 saturated carbocycles. The standard InChI is InChI=1S/C20H34O2/c1-14(2)20(22)11-10-19(5)9-8-16(4)13-17(21)12-15(3)6-7-18(19)20/h8,12,14,17-18,21-22H,6-7,9-11,13H2,1-5H3. The Morgan fingerprint density at radius 3 is 2.50 bits per heavy atom. The van der Waals surface area contributed by atoms with Gasteiger partial charge in [-0.1, -0.05) is 44.1 Å². The van der Waals surface area contributed by atoms with Crippen molar-refractivity contribution >= 4 is 0 Å². The van der Waals surface area contributed by atoms with Crippen molar-refractivity contribution in [1.29, 1.82) is 0 Å². The van der Waals surface area contributed by atoms with Crippen LogP contribution in [0.5, 0.6) is 0 Å². The van der Waals surface area contributed by atoms with Gasteiger partial charge in [0.1, 0.15) is 0 Å². The van der Waals surface area contributed by atoms with Gasteiger partial charge in [-0.3, -0.25) is 0 Å². The highest BCUT2D eigenvalue weighted by Crippen LogP contribution is 2.56. The van der Waals surface area contributed by atoms with Crippen molar-refractivity contribution in [2.45, 2.75) is 84.8 Å². The predicted molar refractivity (Wildman–Crippen MR) is 92.6 cm³/mol. The lowest BCUT2D eigenvalue weighted by Gasteiger charge is -2.41. The van der Waals surface area contributed by atoms with Crippen molar-refractivity contribution in [1.82, 2.24) is 0 Å². The molecule has 22 heavy (non-hydrogen) atoms. The number of allylic oxidation sites excluding steroid dienone is 2. The molecular weight excluding hydrogens is 272 g/mol. The molecule has 4 unspecified atom stereocenters. The molecule has 0 aromatic rings. The minimum absolute atomic E-state index is 0.176. The Hall–Kier alpha value is -0.600. The van der Waals surface area contributed by atoms with Gasteiger partial charge in [-0.2, -0.15) is 0 Å². The molecule has 2 aliphatic carbocycles. The summed E-state index contributed by atoms with van der Waals surface area (Å²) in [6.07, 6.45) is 9.70. The molecule has 0 aliphatic heterocycles. The molecule has 0 aromatic carbocycles. The summed E-state index contributed by atoms with van der Waals surface area (Å²) in [5.74, 6) is 0.632. The second-order valence-electron chi connectivity index (χ2n) is 8.43. The van der Waals surface area contributed by atoms with Gasteiger partial charge >= 0.3 is 0 Å². The van der Waals surface area contributed by atoms with E-state index in [1.165, 1.54) is 11.1 Å². The summed E-state index contributed by atoms with van der Waals surface area (Å²) >= 11 is 0. The summed E-state index contributed by atoms with van der Waals surface area (Å²) in [6.45, 7) is 10.9. The number of aliphatic hydroxyl groups is 2. The van der Waals surface area contributed by atoms with Gasteiger partial charge in [-0.25, -0.2) is 0 Å². The van der Waals surface area contributed by atoms with E-state index in [1.54, 1.807) is 0 Å². The second-order valence-corrected chi connectivity index (χ2v) is 8.43. The summed E-state index contributed by atoms with van der Waals surface area (Å²) in [6, 6.07) is 0. The first kappa shape index (κ1) is 17.7. The van der Waals surface area contributed by atoms with Crippen molar-refractivity contribution in [3.05, 3.63) is 23.3 Å². The highest BCUT2D eigenvalue weighted by Gasteiger charge is 2.54. The smallest absolute Gasteiger partial charge is 0.0760 e. The highest BCUT2D eigenvalue weighted by atomic mass is 16.3. The van der Waals surface area contributed by atoms with E-state index in [1.807, 2.05) is 6.08 Å². The Morgan fingerprint density at radius 1 is 1.18 bits per heavy atom. The van der Waals surface area contributed by atoms with Crippen LogP contribution >= 0.6 is 0 Å². The first-order chi connectivity index (χ1) is 10.2. The summed E-state index contributed by atoms with van der Waals surface area (Å²) in [5, 5.41) is 21.4. The Labute approximate surface area is 136 Å². The maximum atomic E-state index is 11.3. The first-order valence-corrected chi connectivity index (χ1v) is 8.91. The zero-order valence-corrected chi connectivity index (χ0v) is 15.0. The highest BCUT2D eigenvalue weighted by molar-refractivity contribution is 5.14. The molecule has 4 atom stereocenters. The van der Waals surface area contributed by atoms with Gasteiger partial charge in [0.25, 0.3) is 0 Å². The third kappa shape index (κ3) is 3.49. The summed E-state index contributed by atoms with van der Waals surface area (Å²) < 4.78 is 0. The number of hydrogen-bond acceptors (Lipinski definition) is 2. The molecule has 2 heteroatoms. The minimum atomic E-state index is -0.538. The Bertz CT molecular complexity index is 462. The molecule has 2 rings (SSSR count). The predicted octanol–water partition coefficient (Wildman–Crippen LogP) is 4.62. The van der Waals surface area contributed by atoms with Crippen LogP contribution in [0.3, 0.4) is 0 Å². The van der Waals surface area contributed by atoms with E-state index in [2.05, 4.69) is 40.7 Å². The summed E-state index contributed by atoms with van der Waals surface area (Å²) in [5.41, 5.74) is 2.15. The van der Waals surface area contributed by atoms with E-state index in [4.69, 9.17) is 0 Å². The van der Waals surface area contributed by atoms with Gasteiger partial charge < -0.3 is 10.2 Å². The zero-order chi connectivity index (χ0) is 16.5. The SMILES string of the molecule is CC1=CC(O)CC(C)=CCC2(C)CCC(O)(C(C)C)C2CC1. The Kier molecular flexibility index (Phi) is 5.23. The molecular formula is C20H34O2. The zero-order valence-electron chi connectivity index (χ0n) is 15.0. The Morgan fingerprint density at radius 2 is 1.86 bits per heavy atom. The van der Waals surface area contributed by atoms with Crippen LogP contribution in [-0.4, -0.2) is 21.9 Å². The normalized spacial score (nSPS) is 40.7.